The van der Waals surface area contributed by atoms with Gasteiger partial charge in [0.25, 0.3) is 5.91 Å². The second-order valence-electron chi connectivity index (χ2n) is 6.85. The Balaban J connectivity index is 2.23. The molecule has 22 heavy (non-hydrogen) atoms. The van der Waals surface area contributed by atoms with E-state index in [1.165, 1.54) is 19.3 Å². The standard InChI is InChI=1S/C18H29NO3/c1-14(17(19)20)22-16-10-8-15(9-11-16)21-13-7-5-6-12-18(2,3)4/h8-11,14H,5-7,12-13H2,1-4H3,(H2,19,20). The minimum Gasteiger partial charge on any atom is -0.494 e. The van der Waals surface area contributed by atoms with Gasteiger partial charge in [-0.05, 0) is 49.4 Å². The highest BCUT2D eigenvalue weighted by Crippen LogP contribution is 2.22. The van der Waals surface area contributed by atoms with Gasteiger partial charge in [-0.3, -0.25) is 4.79 Å². The van der Waals surface area contributed by atoms with Gasteiger partial charge in [0.05, 0.1) is 6.61 Å². The molecule has 0 aromatic heterocycles. The number of hydrogen-bond acceptors (Lipinski definition) is 3. The Morgan fingerprint density at radius 2 is 1.68 bits per heavy atom. The Bertz CT molecular complexity index is 448. The molecule has 0 aliphatic carbocycles. The Kier molecular flexibility index (Phi) is 7.22. The quantitative estimate of drug-likeness (QED) is 0.703. The van der Waals surface area contributed by atoms with Crippen LogP contribution in [-0.2, 0) is 4.79 Å². The van der Waals surface area contributed by atoms with E-state index in [0.717, 1.165) is 18.8 Å². The largest absolute Gasteiger partial charge is 0.494 e. The molecule has 1 aromatic carbocycles. The van der Waals surface area contributed by atoms with E-state index in [1.54, 1.807) is 19.1 Å². The third-order valence-electron chi connectivity index (χ3n) is 3.38. The number of primary amides is 1. The average molecular weight is 307 g/mol. The number of rotatable bonds is 9. The van der Waals surface area contributed by atoms with Crippen LogP contribution in [0.15, 0.2) is 24.3 Å². The molecule has 0 saturated heterocycles. The molecule has 0 fully saturated rings. The molecule has 4 heteroatoms. The van der Waals surface area contributed by atoms with Crippen molar-refractivity contribution in [3.63, 3.8) is 0 Å². The van der Waals surface area contributed by atoms with E-state index in [2.05, 4.69) is 20.8 Å². The Morgan fingerprint density at radius 1 is 1.09 bits per heavy atom. The van der Waals surface area contributed by atoms with Crippen molar-refractivity contribution in [3.05, 3.63) is 24.3 Å². The highest BCUT2D eigenvalue weighted by Gasteiger charge is 2.10. The molecule has 1 atom stereocenters. The summed E-state index contributed by atoms with van der Waals surface area (Å²) >= 11 is 0. The zero-order valence-corrected chi connectivity index (χ0v) is 14.2. The average Bonchev–Trinajstić information content (AvgIpc) is 2.43. The van der Waals surface area contributed by atoms with Crippen LogP contribution >= 0.6 is 0 Å². The number of unbranched alkanes of at least 4 members (excludes halogenated alkanes) is 2. The van der Waals surface area contributed by atoms with Crippen LogP contribution in [0.2, 0.25) is 0 Å². The van der Waals surface area contributed by atoms with Crippen molar-refractivity contribution in [3.8, 4) is 11.5 Å². The molecule has 4 nitrogen and oxygen atoms in total. The van der Waals surface area contributed by atoms with Gasteiger partial charge in [0.1, 0.15) is 11.5 Å². The van der Waals surface area contributed by atoms with Crippen LogP contribution in [0.4, 0.5) is 0 Å². The van der Waals surface area contributed by atoms with Gasteiger partial charge in [0.2, 0.25) is 0 Å². The number of ether oxygens (including phenoxy) is 2. The van der Waals surface area contributed by atoms with Gasteiger partial charge in [-0.15, -0.1) is 0 Å². The predicted molar refractivity (Wildman–Crippen MR) is 89.1 cm³/mol. The lowest BCUT2D eigenvalue weighted by molar-refractivity contribution is -0.123. The molecular weight excluding hydrogens is 278 g/mol. The van der Waals surface area contributed by atoms with Gasteiger partial charge in [-0.25, -0.2) is 0 Å². The highest BCUT2D eigenvalue weighted by atomic mass is 16.5. The summed E-state index contributed by atoms with van der Waals surface area (Å²) in [6.07, 6.45) is 4.11. The number of amides is 1. The van der Waals surface area contributed by atoms with Gasteiger partial charge in [-0.1, -0.05) is 33.6 Å². The molecular formula is C18H29NO3. The Labute approximate surface area is 134 Å². The third-order valence-corrected chi connectivity index (χ3v) is 3.38. The molecule has 1 unspecified atom stereocenters. The van der Waals surface area contributed by atoms with Gasteiger partial charge in [-0.2, -0.15) is 0 Å². The number of carbonyl (C=O) groups is 1. The molecule has 0 aliphatic rings. The fourth-order valence-corrected chi connectivity index (χ4v) is 2.00. The van der Waals surface area contributed by atoms with E-state index in [9.17, 15) is 4.79 Å². The maximum atomic E-state index is 10.9. The van der Waals surface area contributed by atoms with Crippen LogP contribution in [0.3, 0.4) is 0 Å². The summed E-state index contributed by atoms with van der Waals surface area (Å²) in [6.45, 7) is 9.16. The smallest absolute Gasteiger partial charge is 0.258 e. The second kappa shape index (κ2) is 8.66. The van der Waals surface area contributed by atoms with Crippen LogP contribution in [0.25, 0.3) is 0 Å². The molecule has 1 aromatic rings. The van der Waals surface area contributed by atoms with Gasteiger partial charge < -0.3 is 15.2 Å². The molecule has 0 saturated carbocycles. The zero-order chi connectivity index (χ0) is 16.6. The fourth-order valence-electron chi connectivity index (χ4n) is 2.00. The first-order chi connectivity index (χ1) is 10.3. The lowest BCUT2D eigenvalue weighted by Gasteiger charge is -2.17. The summed E-state index contributed by atoms with van der Waals surface area (Å²) in [5.74, 6) is 0.953. The SMILES string of the molecule is CC(Oc1ccc(OCCCCCC(C)(C)C)cc1)C(N)=O. The monoisotopic (exact) mass is 307 g/mol. The topological polar surface area (TPSA) is 61.6 Å². The maximum absolute atomic E-state index is 10.9. The lowest BCUT2D eigenvalue weighted by Crippen LogP contribution is -2.30. The van der Waals surface area contributed by atoms with E-state index in [1.807, 2.05) is 12.1 Å². The summed E-state index contributed by atoms with van der Waals surface area (Å²) in [6, 6.07) is 7.26. The van der Waals surface area contributed by atoms with Crippen molar-refractivity contribution >= 4 is 5.91 Å². The molecule has 0 radical (unpaired) electrons. The number of benzene rings is 1. The van der Waals surface area contributed by atoms with Crippen molar-refractivity contribution in [2.24, 2.45) is 11.1 Å². The van der Waals surface area contributed by atoms with Gasteiger partial charge in [0.15, 0.2) is 6.10 Å². The van der Waals surface area contributed by atoms with Gasteiger partial charge in [0, 0.05) is 0 Å². The van der Waals surface area contributed by atoms with Crippen LogP contribution in [0, 0.1) is 5.41 Å². The maximum Gasteiger partial charge on any atom is 0.258 e. The molecule has 124 valence electrons. The summed E-state index contributed by atoms with van der Waals surface area (Å²) in [5.41, 5.74) is 5.57. The van der Waals surface area contributed by atoms with E-state index in [-0.39, 0.29) is 0 Å². The fraction of sp³-hybridized carbons (Fsp3) is 0.611. The summed E-state index contributed by atoms with van der Waals surface area (Å²) in [5, 5.41) is 0. The number of carbonyl (C=O) groups excluding carboxylic acids is 1. The Hall–Kier alpha value is -1.71. The van der Waals surface area contributed by atoms with Crippen LogP contribution in [0.5, 0.6) is 11.5 Å². The van der Waals surface area contributed by atoms with E-state index >= 15 is 0 Å². The molecule has 0 bridgehead atoms. The van der Waals surface area contributed by atoms with E-state index in [0.29, 0.717) is 11.2 Å². The first-order valence-electron chi connectivity index (χ1n) is 7.97. The second-order valence-corrected chi connectivity index (χ2v) is 6.85. The highest BCUT2D eigenvalue weighted by molar-refractivity contribution is 5.78. The van der Waals surface area contributed by atoms with Crippen molar-refractivity contribution in [1.82, 2.24) is 0 Å². The first-order valence-corrected chi connectivity index (χ1v) is 7.97. The third kappa shape index (κ3) is 7.91. The molecule has 1 amide bonds. The number of nitrogens with two attached hydrogens (primary N) is 1. The van der Waals surface area contributed by atoms with Gasteiger partial charge >= 0.3 is 0 Å². The molecule has 0 heterocycles. The molecule has 1 rings (SSSR count). The van der Waals surface area contributed by atoms with Crippen molar-refractivity contribution < 1.29 is 14.3 Å². The summed E-state index contributed by atoms with van der Waals surface area (Å²) in [7, 11) is 0. The van der Waals surface area contributed by atoms with Crippen LogP contribution < -0.4 is 15.2 Å². The summed E-state index contributed by atoms with van der Waals surface area (Å²) < 4.78 is 11.1. The van der Waals surface area contributed by atoms with Crippen molar-refractivity contribution in [2.45, 2.75) is 59.5 Å². The van der Waals surface area contributed by atoms with Crippen LogP contribution in [-0.4, -0.2) is 18.6 Å². The van der Waals surface area contributed by atoms with E-state index in [4.69, 9.17) is 15.2 Å². The first kappa shape index (κ1) is 18.3. The minimum absolute atomic E-state index is 0.415. The minimum atomic E-state index is -0.630. The van der Waals surface area contributed by atoms with Crippen LogP contribution in [0.1, 0.15) is 53.4 Å². The van der Waals surface area contributed by atoms with Crippen molar-refractivity contribution in [1.29, 1.82) is 0 Å². The molecule has 2 N–H and O–H groups in total. The zero-order valence-electron chi connectivity index (χ0n) is 14.2. The van der Waals surface area contributed by atoms with E-state index < -0.39 is 12.0 Å². The normalized spacial score (nSPS) is 12.7. The summed E-state index contributed by atoms with van der Waals surface area (Å²) in [4.78, 5) is 10.9. The Morgan fingerprint density at radius 3 is 2.23 bits per heavy atom. The molecule has 0 spiro atoms. The molecule has 0 aliphatic heterocycles. The lowest BCUT2D eigenvalue weighted by atomic mass is 9.89. The predicted octanol–water partition coefficient (Wildman–Crippen LogP) is 3.92. The van der Waals surface area contributed by atoms with Crippen molar-refractivity contribution in [2.75, 3.05) is 6.61 Å². The number of hydrogen-bond donors (Lipinski definition) is 1.